The summed E-state index contributed by atoms with van der Waals surface area (Å²) in [5.41, 5.74) is 3.63. The maximum absolute atomic E-state index is 13.7. The van der Waals surface area contributed by atoms with Gasteiger partial charge in [-0.25, -0.2) is 0 Å². The lowest BCUT2D eigenvalue weighted by atomic mass is 9.91. The van der Waals surface area contributed by atoms with Gasteiger partial charge >= 0.3 is 0 Å². The molecule has 1 aliphatic heterocycles. The van der Waals surface area contributed by atoms with Crippen LogP contribution in [0.5, 0.6) is 0 Å². The van der Waals surface area contributed by atoms with Crippen LogP contribution in [0.15, 0.2) is 79.1 Å². The number of benzene rings is 2. The van der Waals surface area contributed by atoms with Crippen molar-refractivity contribution in [1.29, 1.82) is 0 Å². The van der Waals surface area contributed by atoms with Gasteiger partial charge in [0.2, 0.25) is 11.8 Å². The van der Waals surface area contributed by atoms with Crippen molar-refractivity contribution in [3.05, 3.63) is 101 Å². The molecule has 1 fully saturated rings. The largest absolute Gasteiger partial charge is 0.390 e. The monoisotopic (exact) mass is 602 g/mol. The normalized spacial score (nSPS) is 22.0. The first-order valence-corrected chi connectivity index (χ1v) is 15.5. The van der Waals surface area contributed by atoms with Crippen LogP contribution < -0.4 is 10.6 Å². The predicted molar refractivity (Wildman–Crippen MR) is 165 cm³/mol. The lowest BCUT2D eigenvalue weighted by Crippen LogP contribution is -2.55. The molecule has 2 unspecified atom stereocenters. The highest BCUT2D eigenvalue weighted by molar-refractivity contribution is 8.00. The van der Waals surface area contributed by atoms with E-state index in [1.165, 1.54) is 16.7 Å². The Morgan fingerprint density at radius 1 is 1.02 bits per heavy atom. The molecule has 1 aliphatic carbocycles. The molecular formula is C33H38N4O5S. The average molecular weight is 603 g/mol. The lowest BCUT2D eigenvalue weighted by Gasteiger charge is -2.32. The number of thioether (sulfide) groups is 1. The van der Waals surface area contributed by atoms with E-state index in [9.17, 15) is 24.6 Å². The van der Waals surface area contributed by atoms with Crippen LogP contribution in [0.3, 0.4) is 0 Å². The molecule has 2 heterocycles. The van der Waals surface area contributed by atoms with E-state index in [0.717, 1.165) is 22.3 Å². The molecule has 0 saturated carbocycles. The quantitative estimate of drug-likeness (QED) is 0.281. The fraction of sp³-hybridized carbons (Fsp3) is 0.394. The summed E-state index contributed by atoms with van der Waals surface area (Å²) in [7, 11) is 0. The number of aromatic nitrogens is 1. The minimum Gasteiger partial charge on any atom is -0.390 e. The first kappa shape index (κ1) is 30.7. The number of hydrogen-bond donors (Lipinski definition) is 4. The van der Waals surface area contributed by atoms with E-state index < -0.39 is 40.9 Å². The summed E-state index contributed by atoms with van der Waals surface area (Å²) in [6, 6.07) is 19.3. The van der Waals surface area contributed by atoms with E-state index in [2.05, 4.69) is 15.6 Å². The summed E-state index contributed by atoms with van der Waals surface area (Å²) in [6.45, 7) is 4.10. The molecule has 2 aromatic carbocycles. The zero-order valence-electron chi connectivity index (χ0n) is 24.3. The van der Waals surface area contributed by atoms with Gasteiger partial charge in [0.1, 0.15) is 12.1 Å². The molecule has 10 heteroatoms. The highest BCUT2D eigenvalue weighted by Gasteiger charge is 2.49. The molecule has 0 radical (unpaired) electrons. The van der Waals surface area contributed by atoms with Gasteiger partial charge in [0, 0.05) is 36.0 Å². The predicted octanol–water partition coefficient (Wildman–Crippen LogP) is 2.76. The number of aliphatic hydroxyl groups excluding tert-OH is 2. The molecule has 4 N–H and O–H groups in total. The Kier molecular flexibility index (Phi) is 9.49. The Morgan fingerprint density at radius 3 is 2.47 bits per heavy atom. The number of nitrogens with one attached hydrogen (secondary N) is 2. The summed E-state index contributed by atoms with van der Waals surface area (Å²) < 4.78 is -0.579. The van der Waals surface area contributed by atoms with Gasteiger partial charge in [-0.05, 0) is 61.1 Å². The van der Waals surface area contributed by atoms with Gasteiger partial charge in [0.15, 0.2) is 0 Å². The summed E-state index contributed by atoms with van der Waals surface area (Å²) in [5, 5.41) is 27.9. The van der Waals surface area contributed by atoms with Crippen LogP contribution in [0.4, 0.5) is 0 Å². The summed E-state index contributed by atoms with van der Waals surface area (Å²) >= 11 is 1.47. The van der Waals surface area contributed by atoms with E-state index in [1.54, 1.807) is 12.4 Å². The average Bonchev–Trinajstić information content (AvgIpc) is 3.50. The van der Waals surface area contributed by atoms with Gasteiger partial charge in [0.05, 0.1) is 18.0 Å². The molecule has 0 spiro atoms. The van der Waals surface area contributed by atoms with Crippen LogP contribution in [0.25, 0.3) is 0 Å². The van der Waals surface area contributed by atoms with Gasteiger partial charge in [-0.1, -0.05) is 54.6 Å². The molecule has 1 saturated heterocycles. The molecule has 43 heavy (non-hydrogen) atoms. The molecule has 5 rings (SSSR count). The second-order valence-electron chi connectivity index (χ2n) is 11.8. The number of carbonyl (C=O) groups is 3. The molecule has 3 amide bonds. The Labute approximate surface area is 256 Å². The molecule has 1 aromatic heterocycles. The van der Waals surface area contributed by atoms with Crippen LogP contribution in [-0.2, 0) is 33.8 Å². The van der Waals surface area contributed by atoms with Crippen molar-refractivity contribution in [3.63, 3.8) is 0 Å². The third-order valence-corrected chi connectivity index (χ3v) is 9.66. The third-order valence-electron chi connectivity index (χ3n) is 8.28. The minimum atomic E-state index is -1.50. The van der Waals surface area contributed by atoms with Crippen molar-refractivity contribution in [2.24, 2.45) is 5.92 Å². The van der Waals surface area contributed by atoms with Crippen molar-refractivity contribution >= 4 is 29.5 Å². The van der Waals surface area contributed by atoms with E-state index in [1.807, 2.05) is 80.6 Å². The zero-order chi connectivity index (χ0) is 30.6. The summed E-state index contributed by atoms with van der Waals surface area (Å²) in [6.07, 6.45) is 1.66. The zero-order valence-corrected chi connectivity index (χ0v) is 25.2. The maximum atomic E-state index is 13.7. The molecule has 0 bridgehead atoms. The van der Waals surface area contributed by atoms with Gasteiger partial charge < -0.3 is 25.7 Å². The maximum Gasteiger partial charge on any atom is 0.252 e. The Bertz CT molecular complexity index is 1440. The number of carbonyl (C=O) groups excluding carboxylic acids is 3. The third kappa shape index (κ3) is 7.09. The fourth-order valence-electron chi connectivity index (χ4n) is 5.96. The van der Waals surface area contributed by atoms with Crippen LogP contribution >= 0.6 is 11.8 Å². The fourth-order valence-corrected chi connectivity index (χ4v) is 7.10. The number of rotatable bonds is 10. The second kappa shape index (κ2) is 13.3. The molecular weight excluding hydrogens is 564 g/mol. The van der Waals surface area contributed by atoms with E-state index >= 15 is 0 Å². The Balaban J connectivity index is 1.30. The first-order chi connectivity index (χ1) is 20.6. The van der Waals surface area contributed by atoms with Gasteiger partial charge in [-0.3, -0.25) is 19.4 Å². The van der Waals surface area contributed by atoms with Crippen molar-refractivity contribution in [2.75, 3.05) is 5.88 Å². The molecule has 9 nitrogen and oxygen atoms in total. The lowest BCUT2D eigenvalue weighted by molar-refractivity contribution is -0.147. The van der Waals surface area contributed by atoms with E-state index in [0.29, 0.717) is 19.4 Å². The highest BCUT2D eigenvalue weighted by atomic mass is 32.2. The SMILES string of the molecule is CC1(C)SCN(C(=O)C(O)C[C@@H](Cc2ccccc2)C(=O)N[C@H]2c3ccccc3C[C@H]2O)C1C(=O)NCc1ccncc1. The number of amides is 3. The van der Waals surface area contributed by atoms with Crippen molar-refractivity contribution < 1.29 is 24.6 Å². The molecule has 3 aromatic rings. The van der Waals surface area contributed by atoms with Crippen LogP contribution in [-0.4, -0.2) is 66.7 Å². The smallest absolute Gasteiger partial charge is 0.252 e. The number of nitrogens with zero attached hydrogens (tertiary/aromatic N) is 2. The van der Waals surface area contributed by atoms with Crippen LogP contribution in [0.2, 0.25) is 0 Å². The molecule has 226 valence electrons. The van der Waals surface area contributed by atoms with Gasteiger partial charge in [0.25, 0.3) is 5.91 Å². The van der Waals surface area contributed by atoms with Gasteiger partial charge in [-0.2, -0.15) is 0 Å². The van der Waals surface area contributed by atoms with Crippen molar-refractivity contribution in [1.82, 2.24) is 20.5 Å². The standard InChI is InChI=1S/C33H38N4O5S/c1-33(2)29(31(41)35-19-22-12-14-34-15-13-22)37(20-43-33)32(42)27(39)18-24(16-21-8-4-3-5-9-21)30(40)36-28-25-11-7-6-10-23(25)17-26(28)38/h3-15,24,26-29,38-39H,16-20H2,1-2H3,(H,35,41)(H,36,40)/t24-,26-,27?,28+,29?/m1/s1. The van der Waals surface area contributed by atoms with E-state index in [4.69, 9.17) is 0 Å². The Hall–Kier alpha value is -3.73. The molecule has 5 atom stereocenters. The van der Waals surface area contributed by atoms with E-state index in [-0.39, 0.29) is 24.1 Å². The highest BCUT2D eigenvalue weighted by Crippen LogP contribution is 2.40. The number of aliphatic hydroxyl groups is 2. The first-order valence-electron chi connectivity index (χ1n) is 14.5. The summed E-state index contributed by atoms with van der Waals surface area (Å²) in [4.78, 5) is 46.2. The molecule has 2 aliphatic rings. The number of hydrogen-bond acceptors (Lipinski definition) is 7. The minimum absolute atomic E-state index is 0.128. The summed E-state index contributed by atoms with van der Waals surface area (Å²) in [5.74, 6) is -1.74. The van der Waals surface area contributed by atoms with Gasteiger partial charge in [-0.15, -0.1) is 11.8 Å². The second-order valence-corrected chi connectivity index (χ2v) is 13.4. The van der Waals surface area contributed by atoms with Crippen molar-refractivity contribution in [2.45, 2.75) is 68.7 Å². The van der Waals surface area contributed by atoms with Crippen LogP contribution in [0.1, 0.15) is 48.6 Å². The topological polar surface area (TPSA) is 132 Å². The van der Waals surface area contributed by atoms with Crippen molar-refractivity contribution in [3.8, 4) is 0 Å². The Morgan fingerprint density at radius 2 is 1.72 bits per heavy atom. The van der Waals surface area contributed by atoms with Crippen LogP contribution in [0, 0.1) is 5.92 Å². The number of pyridine rings is 1. The number of fused-ring (bicyclic) bond motifs is 1.